The van der Waals surface area contributed by atoms with Crippen molar-refractivity contribution in [3.63, 3.8) is 0 Å². The van der Waals surface area contributed by atoms with Gasteiger partial charge in [0.05, 0.1) is 13.0 Å². The van der Waals surface area contributed by atoms with Crippen molar-refractivity contribution in [3.05, 3.63) is 23.8 Å². The third-order valence-corrected chi connectivity index (χ3v) is 3.24. The average molecular weight is 295 g/mol. The summed E-state index contributed by atoms with van der Waals surface area (Å²) in [4.78, 5) is 12.9. The van der Waals surface area contributed by atoms with Crippen LogP contribution in [0.1, 0.15) is 39.7 Å². The van der Waals surface area contributed by atoms with Crippen molar-refractivity contribution in [1.29, 1.82) is 0 Å². The second kappa shape index (κ2) is 7.31. The number of aliphatic carboxylic acids is 1. The number of aromatic hydroxyl groups is 1. The van der Waals surface area contributed by atoms with Crippen LogP contribution in [0.5, 0.6) is 11.5 Å². The molecular formula is C16H25NO4. The Hall–Kier alpha value is -1.75. The first-order chi connectivity index (χ1) is 9.74. The number of hydrogen-bond donors (Lipinski definition) is 2. The van der Waals surface area contributed by atoms with Gasteiger partial charge in [-0.25, -0.2) is 0 Å². The van der Waals surface area contributed by atoms with Gasteiger partial charge in [0.1, 0.15) is 0 Å². The molecule has 118 valence electrons. The molecule has 2 N–H and O–H groups in total. The van der Waals surface area contributed by atoms with Crippen LogP contribution in [0.15, 0.2) is 18.2 Å². The highest BCUT2D eigenvalue weighted by atomic mass is 16.5. The van der Waals surface area contributed by atoms with E-state index in [4.69, 9.17) is 9.84 Å². The van der Waals surface area contributed by atoms with Gasteiger partial charge in [0.25, 0.3) is 0 Å². The Bertz CT molecular complexity index is 480. The summed E-state index contributed by atoms with van der Waals surface area (Å²) in [5.41, 5.74) is 0.843. The molecule has 1 aromatic rings. The lowest BCUT2D eigenvalue weighted by atomic mass is 10.0. The minimum absolute atomic E-state index is 0.105. The molecule has 0 saturated carbocycles. The maximum atomic E-state index is 10.8. The van der Waals surface area contributed by atoms with Crippen LogP contribution in [-0.4, -0.2) is 39.8 Å². The smallest absolute Gasteiger partial charge is 0.304 e. The van der Waals surface area contributed by atoms with E-state index in [0.29, 0.717) is 25.4 Å². The van der Waals surface area contributed by atoms with Crippen molar-refractivity contribution >= 4 is 5.97 Å². The number of ether oxygens (including phenoxy) is 1. The molecule has 1 aromatic carbocycles. The Morgan fingerprint density at radius 1 is 1.33 bits per heavy atom. The predicted molar refractivity (Wildman–Crippen MR) is 81.7 cm³/mol. The van der Waals surface area contributed by atoms with Crippen molar-refractivity contribution in [1.82, 2.24) is 4.90 Å². The molecular weight excluding hydrogens is 270 g/mol. The third kappa shape index (κ3) is 5.63. The number of nitrogens with zero attached hydrogens (tertiary/aromatic N) is 1. The number of carboxylic acids is 1. The topological polar surface area (TPSA) is 70.0 Å². The monoisotopic (exact) mass is 295 g/mol. The minimum atomic E-state index is -0.801. The predicted octanol–water partition coefficient (Wildman–Crippen LogP) is 2.87. The van der Waals surface area contributed by atoms with Gasteiger partial charge >= 0.3 is 5.97 Å². The lowest BCUT2D eigenvalue weighted by molar-refractivity contribution is -0.137. The molecule has 0 fully saturated rings. The SMILES string of the molecule is CCOc1cc(CN(CCC(=O)O)C(C)(C)C)ccc1O. The Kier molecular flexibility index (Phi) is 6.03. The Morgan fingerprint density at radius 3 is 2.52 bits per heavy atom. The van der Waals surface area contributed by atoms with Gasteiger partial charge in [-0.2, -0.15) is 0 Å². The molecule has 0 atom stereocenters. The fraction of sp³-hybridized carbons (Fsp3) is 0.562. The number of carbonyl (C=O) groups is 1. The van der Waals surface area contributed by atoms with Crippen LogP contribution in [0, 0.1) is 0 Å². The molecule has 0 saturated heterocycles. The van der Waals surface area contributed by atoms with Gasteiger partial charge in [0.15, 0.2) is 11.5 Å². The molecule has 0 radical (unpaired) electrons. The molecule has 5 nitrogen and oxygen atoms in total. The lowest BCUT2D eigenvalue weighted by Crippen LogP contribution is -2.42. The van der Waals surface area contributed by atoms with Crippen molar-refractivity contribution in [2.45, 2.75) is 46.2 Å². The summed E-state index contributed by atoms with van der Waals surface area (Å²) in [6.07, 6.45) is 0.105. The van der Waals surface area contributed by atoms with Crippen LogP contribution >= 0.6 is 0 Å². The molecule has 0 aliphatic rings. The number of carboxylic acid groups (broad SMARTS) is 1. The first-order valence-corrected chi connectivity index (χ1v) is 7.15. The second-order valence-corrected chi connectivity index (χ2v) is 5.97. The van der Waals surface area contributed by atoms with E-state index in [-0.39, 0.29) is 17.7 Å². The van der Waals surface area contributed by atoms with E-state index < -0.39 is 5.97 Å². The number of benzene rings is 1. The molecule has 0 bridgehead atoms. The van der Waals surface area contributed by atoms with E-state index >= 15 is 0 Å². The Balaban J connectivity index is 2.87. The fourth-order valence-electron chi connectivity index (χ4n) is 2.03. The number of rotatable bonds is 7. The van der Waals surface area contributed by atoms with Crippen LogP contribution in [-0.2, 0) is 11.3 Å². The van der Waals surface area contributed by atoms with Crippen LogP contribution in [0.2, 0.25) is 0 Å². The van der Waals surface area contributed by atoms with Gasteiger partial charge in [0.2, 0.25) is 0 Å². The van der Waals surface area contributed by atoms with Gasteiger partial charge in [-0.3, -0.25) is 9.69 Å². The van der Waals surface area contributed by atoms with Crippen molar-refractivity contribution in [2.24, 2.45) is 0 Å². The first kappa shape index (κ1) is 17.3. The lowest BCUT2D eigenvalue weighted by Gasteiger charge is -2.35. The van der Waals surface area contributed by atoms with E-state index in [1.54, 1.807) is 12.1 Å². The van der Waals surface area contributed by atoms with E-state index in [9.17, 15) is 9.90 Å². The van der Waals surface area contributed by atoms with Crippen LogP contribution in [0.3, 0.4) is 0 Å². The van der Waals surface area contributed by atoms with E-state index in [1.807, 2.05) is 13.0 Å². The average Bonchev–Trinajstić information content (AvgIpc) is 2.36. The van der Waals surface area contributed by atoms with Gasteiger partial charge < -0.3 is 14.9 Å². The van der Waals surface area contributed by atoms with Gasteiger partial charge in [-0.05, 0) is 45.4 Å². The Morgan fingerprint density at radius 2 is 2.00 bits per heavy atom. The number of phenols is 1. The van der Waals surface area contributed by atoms with E-state index in [1.165, 1.54) is 0 Å². The molecule has 0 spiro atoms. The summed E-state index contributed by atoms with van der Waals surface area (Å²) in [6, 6.07) is 5.24. The second-order valence-electron chi connectivity index (χ2n) is 5.97. The number of phenolic OH excluding ortho intramolecular Hbond substituents is 1. The Labute approximate surface area is 126 Å². The van der Waals surface area contributed by atoms with Crippen molar-refractivity contribution in [2.75, 3.05) is 13.2 Å². The maximum absolute atomic E-state index is 10.8. The summed E-state index contributed by atoms with van der Waals surface area (Å²) >= 11 is 0. The summed E-state index contributed by atoms with van der Waals surface area (Å²) in [7, 11) is 0. The van der Waals surface area contributed by atoms with Gasteiger partial charge in [-0.1, -0.05) is 6.07 Å². The summed E-state index contributed by atoms with van der Waals surface area (Å²) in [5.74, 6) is -0.222. The van der Waals surface area contributed by atoms with E-state index in [0.717, 1.165) is 5.56 Å². The molecule has 0 unspecified atom stereocenters. The maximum Gasteiger partial charge on any atom is 0.304 e. The number of hydrogen-bond acceptors (Lipinski definition) is 4. The molecule has 0 aliphatic carbocycles. The van der Waals surface area contributed by atoms with Crippen LogP contribution in [0.4, 0.5) is 0 Å². The normalized spacial score (nSPS) is 11.7. The van der Waals surface area contributed by atoms with Gasteiger partial charge in [-0.15, -0.1) is 0 Å². The quantitative estimate of drug-likeness (QED) is 0.809. The van der Waals surface area contributed by atoms with Crippen LogP contribution < -0.4 is 4.74 Å². The molecule has 0 amide bonds. The highest BCUT2D eigenvalue weighted by Crippen LogP contribution is 2.28. The zero-order chi connectivity index (χ0) is 16.0. The zero-order valence-corrected chi connectivity index (χ0v) is 13.2. The first-order valence-electron chi connectivity index (χ1n) is 7.15. The van der Waals surface area contributed by atoms with Crippen LogP contribution in [0.25, 0.3) is 0 Å². The van der Waals surface area contributed by atoms with Crippen molar-refractivity contribution < 1.29 is 19.7 Å². The molecule has 0 aliphatic heterocycles. The molecule has 0 heterocycles. The molecule has 5 heteroatoms. The molecule has 1 rings (SSSR count). The summed E-state index contributed by atoms with van der Waals surface area (Å²) in [5, 5.41) is 18.6. The van der Waals surface area contributed by atoms with E-state index in [2.05, 4.69) is 25.7 Å². The highest BCUT2D eigenvalue weighted by molar-refractivity contribution is 5.66. The zero-order valence-electron chi connectivity index (χ0n) is 13.2. The molecule has 21 heavy (non-hydrogen) atoms. The van der Waals surface area contributed by atoms with Crippen molar-refractivity contribution in [3.8, 4) is 11.5 Å². The standard InChI is InChI=1S/C16H25NO4/c1-5-21-14-10-12(6-7-13(14)18)11-17(16(2,3)4)9-8-15(19)20/h6-7,10,18H,5,8-9,11H2,1-4H3,(H,19,20). The highest BCUT2D eigenvalue weighted by Gasteiger charge is 2.22. The third-order valence-electron chi connectivity index (χ3n) is 3.24. The largest absolute Gasteiger partial charge is 0.504 e. The molecule has 0 aromatic heterocycles. The minimum Gasteiger partial charge on any atom is -0.504 e. The summed E-state index contributed by atoms with van der Waals surface area (Å²) < 4.78 is 5.38. The summed E-state index contributed by atoms with van der Waals surface area (Å²) in [6.45, 7) is 9.59. The fourth-order valence-corrected chi connectivity index (χ4v) is 2.03. The van der Waals surface area contributed by atoms with Gasteiger partial charge in [0, 0.05) is 18.6 Å².